The van der Waals surface area contributed by atoms with Crippen molar-refractivity contribution >= 4 is 0 Å². The molecule has 102 valence electrons. The van der Waals surface area contributed by atoms with Gasteiger partial charge in [-0.25, -0.2) is 13.8 Å². The van der Waals surface area contributed by atoms with E-state index in [0.717, 1.165) is 11.8 Å². The molecule has 20 heavy (non-hydrogen) atoms. The fourth-order valence-corrected chi connectivity index (χ4v) is 2.18. The lowest BCUT2D eigenvalue weighted by Crippen LogP contribution is -2.07. The highest BCUT2D eigenvalue weighted by molar-refractivity contribution is 5.57. The summed E-state index contributed by atoms with van der Waals surface area (Å²) in [7, 11) is 0. The third kappa shape index (κ3) is 2.01. The lowest BCUT2D eigenvalue weighted by molar-refractivity contribution is 0.447. The Morgan fingerprint density at radius 1 is 1.20 bits per heavy atom. The van der Waals surface area contributed by atoms with Crippen molar-refractivity contribution in [2.75, 3.05) is 0 Å². The summed E-state index contributed by atoms with van der Waals surface area (Å²) in [4.78, 5) is 4.13. The van der Waals surface area contributed by atoms with Gasteiger partial charge in [0.2, 0.25) is 0 Å². The van der Waals surface area contributed by atoms with Crippen LogP contribution in [0.4, 0.5) is 8.78 Å². The van der Waals surface area contributed by atoms with E-state index in [0.29, 0.717) is 5.82 Å². The van der Waals surface area contributed by atoms with Gasteiger partial charge < -0.3 is 8.98 Å². The van der Waals surface area contributed by atoms with Gasteiger partial charge in [-0.2, -0.15) is 0 Å². The van der Waals surface area contributed by atoms with Crippen molar-refractivity contribution in [1.82, 2.24) is 9.55 Å². The third-order valence-electron chi connectivity index (χ3n) is 3.23. The largest absolute Gasteiger partial charge is 0.467 e. The molecule has 0 radical (unpaired) electrons. The molecule has 2 heterocycles. The van der Waals surface area contributed by atoms with Crippen molar-refractivity contribution in [3.05, 3.63) is 66.4 Å². The molecule has 0 saturated carbocycles. The summed E-state index contributed by atoms with van der Waals surface area (Å²) in [6.45, 7) is 1.90. The lowest BCUT2D eigenvalue weighted by atomic mass is 10.1. The highest BCUT2D eigenvalue weighted by Crippen LogP contribution is 2.28. The van der Waals surface area contributed by atoms with E-state index in [-0.39, 0.29) is 11.6 Å². The number of rotatable bonds is 3. The summed E-state index contributed by atoms with van der Waals surface area (Å²) < 4.78 is 34.3. The van der Waals surface area contributed by atoms with Crippen LogP contribution in [0, 0.1) is 11.6 Å². The molecule has 0 spiro atoms. The maximum absolute atomic E-state index is 13.9. The molecule has 1 aromatic carbocycles. The molecule has 5 heteroatoms. The molecule has 3 rings (SSSR count). The van der Waals surface area contributed by atoms with E-state index in [1.54, 1.807) is 29.3 Å². The van der Waals surface area contributed by atoms with Crippen LogP contribution in [0.3, 0.4) is 0 Å². The molecule has 0 aliphatic carbocycles. The molecule has 0 N–H and O–H groups in total. The molecule has 3 nitrogen and oxygen atoms in total. The van der Waals surface area contributed by atoms with Crippen LogP contribution in [0.15, 0.2) is 53.4 Å². The molecule has 0 fully saturated rings. The predicted molar refractivity (Wildman–Crippen MR) is 70.1 cm³/mol. The van der Waals surface area contributed by atoms with Crippen molar-refractivity contribution < 1.29 is 13.2 Å². The van der Waals surface area contributed by atoms with Gasteiger partial charge in [0, 0.05) is 12.4 Å². The van der Waals surface area contributed by atoms with Crippen molar-refractivity contribution in [3.8, 4) is 11.4 Å². The van der Waals surface area contributed by atoms with E-state index in [2.05, 4.69) is 4.98 Å². The van der Waals surface area contributed by atoms with Crippen LogP contribution in [-0.2, 0) is 0 Å². The number of imidazole rings is 1. The van der Waals surface area contributed by atoms with Gasteiger partial charge in [0.1, 0.15) is 11.6 Å². The van der Waals surface area contributed by atoms with Crippen LogP contribution < -0.4 is 0 Å². The van der Waals surface area contributed by atoms with Crippen LogP contribution in [0.1, 0.15) is 18.7 Å². The summed E-state index contributed by atoms with van der Waals surface area (Å²) in [5.74, 6) is -0.693. The molecule has 2 aromatic heterocycles. The molecule has 0 unspecified atom stereocenters. The van der Waals surface area contributed by atoms with Crippen molar-refractivity contribution in [1.29, 1.82) is 0 Å². The summed E-state index contributed by atoms with van der Waals surface area (Å²) in [5, 5.41) is 0. The minimum atomic E-state index is -0.897. The second kappa shape index (κ2) is 4.92. The van der Waals surface area contributed by atoms with Crippen LogP contribution in [0.25, 0.3) is 11.4 Å². The van der Waals surface area contributed by atoms with Gasteiger partial charge in [0.25, 0.3) is 0 Å². The Bertz CT molecular complexity index is 719. The molecule has 0 saturated heterocycles. The van der Waals surface area contributed by atoms with Crippen molar-refractivity contribution in [3.63, 3.8) is 0 Å². The Kier molecular flexibility index (Phi) is 3.10. The van der Waals surface area contributed by atoms with Gasteiger partial charge in [-0.3, -0.25) is 0 Å². The third-order valence-corrected chi connectivity index (χ3v) is 3.23. The minimum absolute atomic E-state index is 0.133. The summed E-state index contributed by atoms with van der Waals surface area (Å²) in [5.41, 5.74) is 0.133. The smallest absolute Gasteiger partial charge is 0.169 e. The Balaban J connectivity index is 2.09. The average Bonchev–Trinajstić information content (AvgIpc) is 3.11. The normalized spacial score (nSPS) is 12.6. The summed E-state index contributed by atoms with van der Waals surface area (Å²) in [6, 6.07) is 7.50. The SMILES string of the molecule is C[C@@H](c1ccco1)n1ccnc1-c1cccc(F)c1F. The van der Waals surface area contributed by atoms with Gasteiger partial charge in [0.15, 0.2) is 11.6 Å². The van der Waals surface area contributed by atoms with E-state index in [9.17, 15) is 8.78 Å². The average molecular weight is 274 g/mol. The Morgan fingerprint density at radius 2 is 2.05 bits per heavy atom. The maximum atomic E-state index is 13.9. The number of halogens is 2. The number of hydrogen-bond acceptors (Lipinski definition) is 2. The topological polar surface area (TPSA) is 31.0 Å². The molecular weight excluding hydrogens is 262 g/mol. The first-order valence-corrected chi connectivity index (χ1v) is 6.19. The maximum Gasteiger partial charge on any atom is 0.169 e. The molecule has 0 aliphatic rings. The first-order valence-electron chi connectivity index (χ1n) is 6.19. The van der Waals surface area contributed by atoms with E-state index < -0.39 is 11.6 Å². The number of furan rings is 1. The van der Waals surface area contributed by atoms with Gasteiger partial charge >= 0.3 is 0 Å². The first-order chi connectivity index (χ1) is 9.68. The number of hydrogen-bond donors (Lipinski definition) is 0. The van der Waals surface area contributed by atoms with Gasteiger partial charge in [0.05, 0.1) is 17.9 Å². The minimum Gasteiger partial charge on any atom is -0.467 e. The second-order valence-corrected chi connectivity index (χ2v) is 4.45. The van der Waals surface area contributed by atoms with Gasteiger partial charge in [-0.15, -0.1) is 0 Å². The fraction of sp³-hybridized carbons (Fsp3) is 0.133. The number of aromatic nitrogens is 2. The zero-order valence-corrected chi connectivity index (χ0v) is 10.8. The van der Waals surface area contributed by atoms with Crippen molar-refractivity contribution in [2.45, 2.75) is 13.0 Å². The van der Waals surface area contributed by atoms with Crippen LogP contribution >= 0.6 is 0 Å². The zero-order chi connectivity index (χ0) is 14.1. The molecule has 1 atom stereocenters. The molecule has 3 aromatic rings. The molecule has 0 aliphatic heterocycles. The first kappa shape index (κ1) is 12.6. The second-order valence-electron chi connectivity index (χ2n) is 4.45. The molecular formula is C15H12F2N2O. The van der Waals surface area contributed by atoms with Gasteiger partial charge in [-0.1, -0.05) is 6.07 Å². The quantitative estimate of drug-likeness (QED) is 0.722. The Hall–Kier alpha value is -2.43. The van der Waals surface area contributed by atoms with E-state index in [1.165, 1.54) is 12.1 Å². The van der Waals surface area contributed by atoms with Crippen molar-refractivity contribution in [2.24, 2.45) is 0 Å². The molecule has 0 amide bonds. The Labute approximate surface area is 114 Å². The molecule has 0 bridgehead atoms. The van der Waals surface area contributed by atoms with Crippen LogP contribution in [-0.4, -0.2) is 9.55 Å². The predicted octanol–water partition coefficient (Wildman–Crippen LogP) is 4.03. The fourth-order valence-electron chi connectivity index (χ4n) is 2.18. The van der Waals surface area contributed by atoms with E-state index >= 15 is 0 Å². The zero-order valence-electron chi connectivity index (χ0n) is 10.8. The standard InChI is InChI=1S/C15H12F2N2O/c1-10(13-6-3-9-20-13)19-8-7-18-15(19)11-4-2-5-12(16)14(11)17/h2-10H,1H3/t10-/m0/s1. The van der Waals surface area contributed by atoms with E-state index in [1.807, 2.05) is 13.0 Å². The summed E-state index contributed by atoms with van der Waals surface area (Å²) in [6.07, 6.45) is 4.84. The van der Waals surface area contributed by atoms with E-state index in [4.69, 9.17) is 4.42 Å². The lowest BCUT2D eigenvalue weighted by Gasteiger charge is -2.14. The summed E-state index contributed by atoms with van der Waals surface area (Å²) >= 11 is 0. The highest BCUT2D eigenvalue weighted by Gasteiger charge is 2.19. The monoisotopic (exact) mass is 274 g/mol. The highest BCUT2D eigenvalue weighted by atomic mass is 19.2. The van der Waals surface area contributed by atoms with Crippen LogP contribution in [0.5, 0.6) is 0 Å². The van der Waals surface area contributed by atoms with Crippen LogP contribution in [0.2, 0.25) is 0 Å². The Morgan fingerprint density at radius 3 is 2.80 bits per heavy atom. The number of benzene rings is 1. The number of nitrogens with zero attached hydrogens (tertiary/aromatic N) is 2. The van der Waals surface area contributed by atoms with Gasteiger partial charge in [-0.05, 0) is 31.2 Å².